The van der Waals surface area contributed by atoms with Crippen LogP contribution in [-0.2, 0) is 0 Å². The van der Waals surface area contributed by atoms with E-state index in [2.05, 4.69) is 4.98 Å². The Kier molecular flexibility index (Phi) is 7.09. The van der Waals surface area contributed by atoms with Crippen molar-refractivity contribution in [1.82, 2.24) is 4.98 Å². The summed E-state index contributed by atoms with van der Waals surface area (Å²) in [6.45, 7) is 7.63. The van der Waals surface area contributed by atoms with Gasteiger partial charge in [0.1, 0.15) is 11.3 Å². The fourth-order valence-corrected chi connectivity index (χ4v) is 1.15. The summed E-state index contributed by atoms with van der Waals surface area (Å²) in [6.07, 6.45) is -0.259. The average Bonchev–Trinajstić information content (AvgIpc) is 2.19. The maximum atomic E-state index is 8.75. The van der Waals surface area contributed by atoms with E-state index in [1.165, 1.54) is 0 Å². The molecule has 0 unspecified atom stereocenters. The lowest BCUT2D eigenvalue weighted by atomic mass is 10.3. The smallest absolute Gasteiger partial charge is 0.215 e. The first-order chi connectivity index (χ1) is 7.11. The monoisotopic (exact) mass is 231 g/mol. The van der Waals surface area contributed by atoms with Gasteiger partial charge in [-0.3, -0.25) is 0 Å². The molecule has 0 aliphatic rings. The topological polar surface area (TPSA) is 42.4 Å². The molecule has 1 rings (SSSR count). The minimum absolute atomic E-state index is 0.0345. The largest absolute Gasteiger partial charge is 0.472 e. The van der Waals surface area contributed by atoms with Gasteiger partial charge in [-0.2, -0.15) is 0 Å². The van der Waals surface area contributed by atoms with E-state index in [1.807, 2.05) is 20.8 Å². The molecule has 86 valence electrons. The zero-order chi connectivity index (χ0) is 11.8. The van der Waals surface area contributed by atoms with Crippen LogP contribution in [0.5, 0.6) is 5.88 Å². The second-order valence-corrected chi connectivity index (χ2v) is 3.30. The quantitative estimate of drug-likeness (QED) is 0.814. The van der Waals surface area contributed by atoms with E-state index in [-0.39, 0.29) is 12.7 Å². The van der Waals surface area contributed by atoms with Gasteiger partial charge < -0.3 is 9.84 Å². The summed E-state index contributed by atoms with van der Waals surface area (Å²) >= 11 is 5.72. The second-order valence-electron chi connectivity index (χ2n) is 2.92. The summed E-state index contributed by atoms with van der Waals surface area (Å²) in [4.78, 5) is 3.95. The number of nitrogens with zero attached hydrogens (tertiary/aromatic N) is 1. The third-order valence-corrected chi connectivity index (χ3v) is 1.69. The van der Waals surface area contributed by atoms with Gasteiger partial charge >= 0.3 is 0 Å². The van der Waals surface area contributed by atoms with Gasteiger partial charge in [-0.15, -0.1) is 0 Å². The molecular weight excluding hydrogens is 214 g/mol. The van der Waals surface area contributed by atoms with Gasteiger partial charge in [0, 0.05) is 6.07 Å². The number of aliphatic hydroxyl groups is 1. The fourth-order valence-electron chi connectivity index (χ4n) is 0.898. The molecule has 0 aromatic carbocycles. The maximum Gasteiger partial charge on any atom is 0.215 e. The van der Waals surface area contributed by atoms with Gasteiger partial charge in [-0.05, 0) is 25.5 Å². The molecule has 4 heteroatoms. The predicted molar refractivity (Wildman–Crippen MR) is 62.5 cm³/mol. The summed E-state index contributed by atoms with van der Waals surface area (Å²) < 4.78 is 5.28. The van der Waals surface area contributed by atoms with Crippen LogP contribution in [0, 0.1) is 6.92 Å². The molecule has 1 aromatic heterocycles. The lowest BCUT2D eigenvalue weighted by molar-refractivity contribution is 0.125. The molecule has 0 bridgehead atoms. The van der Waals surface area contributed by atoms with Crippen molar-refractivity contribution in [3.05, 3.63) is 22.8 Å². The first kappa shape index (κ1) is 14.2. The molecule has 3 nitrogen and oxygen atoms in total. The van der Waals surface area contributed by atoms with Gasteiger partial charge in [0.15, 0.2) is 0 Å². The van der Waals surface area contributed by atoms with Crippen LogP contribution < -0.4 is 4.74 Å². The third-order valence-electron chi connectivity index (χ3n) is 1.49. The van der Waals surface area contributed by atoms with Crippen molar-refractivity contribution < 1.29 is 9.84 Å². The van der Waals surface area contributed by atoms with Crippen LogP contribution in [0.25, 0.3) is 0 Å². The second kappa shape index (κ2) is 7.49. The Hall–Kier alpha value is -0.800. The highest BCUT2D eigenvalue weighted by Gasteiger charge is 2.04. The molecule has 1 aromatic rings. The fraction of sp³-hybridized carbons (Fsp3) is 0.545. The lowest BCUT2D eigenvalue weighted by Crippen LogP contribution is -2.16. The van der Waals surface area contributed by atoms with E-state index in [4.69, 9.17) is 21.4 Å². The molecule has 1 N–H and O–H groups in total. The van der Waals surface area contributed by atoms with Crippen molar-refractivity contribution in [1.29, 1.82) is 0 Å². The number of hydrogen-bond acceptors (Lipinski definition) is 3. The Bertz CT molecular complexity index is 272. The van der Waals surface area contributed by atoms with E-state index in [1.54, 1.807) is 19.1 Å². The number of rotatable bonds is 3. The summed E-state index contributed by atoms with van der Waals surface area (Å²) in [5, 5.41) is 9.15. The zero-order valence-corrected chi connectivity index (χ0v) is 10.4. The summed E-state index contributed by atoms with van der Waals surface area (Å²) in [7, 11) is 0. The Labute approximate surface area is 96.1 Å². The number of aromatic nitrogens is 1. The Balaban J connectivity index is 0.000000921. The van der Waals surface area contributed by atoms with Crippen LogP contribution in [0.1, 0.15) is 26.3 Å². The number of pyridine rings is 1. The van der Waals surface area contributed by atoms with Crippen LogP contribution in [-0.4, -0.2) is 22.8 Å². The van der Waals surface area contributed by atoms with E-state index < -0.39 is 0 Å². The average molecular weight is 232 g/mol. The van der Waals surface area contributed by atoms with Gasteiger partial charge in [0.25, 0.3) is 0 Å². The number of ether oxygens (including phenoxy) is 1. The summed E-state index contributed by atoms with van der Waals surface area (Å²) in [6, 6.07) is 3.52. The third kappa shape index (κ3) is 5.60. The maximum absolute atomic E-state index is 8.75. The van der Waals surface area contributed by atoms with E-state index in [0.717, 1.165) is 5.56 Å². The SMILES string of the molecule is CC.Cc1cc(Cl)nc(O[C@H](C)CO)c1. The molecule has 15 heavy (non-hydrogen) atoms. The van der Waals surface area contributed by atoms with Crippen molar-refractivity contribution in [3.63, 3.8) is 0 Å². The molecule has 0 fully saturated rings. The summed E-state index contributed by atoms with van der Waals surface area (Å²) in [5.41, 5.74) is 0.986. The molecule has 0 aliphatic carbocycles. The molecule has 0 saturated carbocycles. The highest BCUT2D eigenvalue weighted by molar-refractivity contribution is 6.29. The molecule has 0 aliphatic heterocycles. The molecule has 1 atom stereocenters. The predicted octanol–water partition coefficient (Wildman–Crippen LogP) is 2.83. The Morgan fingerprint density at radius 2 is 2.07 bits per heavy atom. The molecule has 0 saturated heterocycles. The first-order valence-electron chi connectivity index (χ1n) is 5.03. The zero-order valence-electron chi connectivity index (χ0n) is 9.62. The molecule has 0 amide bonds. The van der Waals surface area contributed by atoms with Crippen LogP contribution in [0.15, 0.2) is 12.1 Å². The molecule has 1 heterocycles. The van der Waals surface area contributed by atoms with E-state index in [9.17, 15) is 0 Å². The van der Waals surface area contributed by atoms with Crippen LogP contribution in [0.4, 0.5) is 0 Å². The van der Waals surface area contributed by atoms with Crippen LogP contribution in [0.3, 0.4) is 0 Å². The Morgan fingerprint density at radius 1 is 1.47 bits per heavy atom. The number of aliphatic hydroxyl groups excluding tert-OH is 1. The summed E-state index contributed by atoms with van der Waals surface area (Å²) in [5.74, 6) is 0.451. The lowest BCUT2D eigenvalue weighted by Gasteiger charge is -2.11. The van der Waals surface area contributed by atoms with Gasteiger partial charge in [-0.1, -0.05) is 25.4 Å². The van der Waals surface area contributed by atoms with Crippen LogP contribution >= 0.6 is 11.6 Å². The first-order valence-corrected chi connectivity index (χ1v) is 5.41. The van der Waals surface area contributed by atoms with Gasteiger partial charge in [0.05, 0.1) is 6.61 Å². The van der Waals surface area contributed by atoms with E-state index in [0.29, 0.717) is 11.0 Å². The normalized spacial score (nSPS) is 11.3. The minimum atomic E-state index is -0.259. The Morgan fingerprint density at radius 3 is 2.53 bits per heavy atom. The highest BCUT2D eigenvalue weighted by Crippen LogP contribution is 2.16. The minimum Gasteiger partial charge on any atom is -0.472 e. The highest BCUT2D eigenvalue weighted by atomic mass is 35.5. The molecule has 0 spiro atoms. The van der Waals surface area contributed by atoms with Crippen LogP contribution in [0.2, 0.25) is 5.15 Å². The molecular formula is C11H18ClNO2. The van der Waals surface area contributed by atoms with Gasteiger partial charge in [0.2, 0.25) is 5.88 Å². The van der Waals surface area contributed by atoms with Gasteiger partial charge in [-0.25, -0.2) is 4.98 Å². The van der Waals surface area contributed by atoms with Crippen molar-refractivity contribution >= 4 is 11.6 Å². The standard InChI is InChI=1S/C9H12ClNO2.C2H6/c1-6-3-8(10)11-9(4-6)13-7(2)5-12;1-2/h3-4,7,12H,5H2,1-2H3;1-2H3/t7-;/m1./s1. The van der Waals surface area contributed by atoms with Crippen molar-refractivity contribution in [2.45, 2.75) is 33.8 Å². The number of hydrogen-bond donors (Lipinski definition) is 1. The number of aryl methyl sites for hydroxylation is 1. The molecule has 0 radical (unpaired) electrons. The van der Waals surface area contributed by atoms with Crippen molar-refractivity contribution in [2.75, 3.05) is 6.61 Å². The van der Waals surface area contributed by atoms with Crippen molar-refractivity contribution in [2.24, 2.45) is 0 Å². The van der Waals surface area contributed by atoms with E-state index >= 15 is 0 Å². The van der Waals surface area contributed by atoms with Crippen molar-refractivity contribution in [3.8, 4) is 5.88 Å². The number of halogens is 1.